The van der Waals surface area contributed by atoms with Crippen molar-refractivity contribution in [1.82, 2.24) is 19.5 Å². The summed E-state index contributed by atoms with van der Waals surface area (Å²) < 4.78 is 29.0. The second kappa shape index (κ2) is 5.82. The van der Waals surface area contributed by atoms with Crippen LogP contribution in [-0.2, 0) is 23.5 Å². The van der Waals surface area contributed by atoms with Crippen molar-refractivity contribution in [2.24, 2.45) is 7.05 Å². The van der Waals surface area contributed by atoms with Crippen molar-refractivity contribution in [3.63, 3.8) is 0 Å². The van der Waals surface area contributed by atoms with E-state index in [1.165, 1.54) is 6.07 Å². The van der Waals surface area contributed by atoms with Gasteiger partial charge in [0.25, 0.3) is 0 Å². The van der Waals surface area contributed by atoms with Crippen LogP contribution >= 0.6 is 0 Å². The largest absolute Gasteiger partial charge is 0.399 e. The molecule has 2 aromatic rings. The molecule has 8 heteroatoms. The maximum Gasteiger partial charge on any atom is 0.240 e. The molecule has 0 bridgehead atoms. The number of nitrogens with two attached hydrogens (primary N) is 1. The number of hydrogen-bond acceptors (Lipinski definition) is 5. The molecule has 0 saturated carbocycles. The highest BCUT2D eigenvalue weighted by molar-refractivity contribution is 7.89. The molecule has 1 aromatic heterocycles. The minimum absolute atomic E-state index is 0.220. The first kappa shape index (κ1) is 15.5. The van der Waals surface area contributed by atoms with Crippen LogP contribution in [0.3, 0.4) is 0 Å². The number of aromatic nitrogens is 3. The molecule has 3 N–H and O–H groups in total. The van der Waals surface area contributed by atoms with Crippen LogP contribution in [-0.4, -0.2) is 29.7 Å². The Morgan fingerprint density at radius 2 is 2.05 bits per heavy atom. The third-order valence-electron chi connectivity index (χ3n) is 3.38. The third-order valence-corrected chi connectivity index (χ3v) is 4.96. The highest BCUT2D eigenvalue weighted by Crippen LogP contribution is 2.22. The fourth-order valence-corrected chi connectivity index (χ4v) is 3.42. The number of aryl methyl sites for hydroxylation is 2. The number of sulfonamides is 1. The van der Waals surface area contributed by atoms with Gasteiger partial charge in [-0.15, -0.1) is 10.2 Å². The third kappa shape index (κ3) is 3.40. The standard InChI is InChI=1S/C13H19N5O2S/c1-9-6-11(14)7-12(10(9)2)21(19,20)16-5-4-13-17-15-8-18(13)3/h6-8,16H,4-5,14H2,1-3H3. The van der Waals surface area contributed by atoms with Crippen LogP contribution in [0.4, 0.5) is 5.69 Å². The summed E-state index contributed by atoms with van der Waals surface area (Å²) in [6, 6.07) is 3.24. The molecule has 0 aliphatic carbocycles. The number of hydrogen-bond donors (Lipinski definition) is 2. The fraction of sp³-hybridized carbons (Fsp3) is 0.385. The Morgan fingerprint density at radius 1 is 1.33 bits per heavy atom. The second-order valence-electron chi connectivity index (χ2n) is 4.97. The van der Waals surface area contributed by atoms with Crippen molar-refractivity contribution in [2.75, 3.05) is 12.3 Å². The molecule has 1 heterocycles. The zero-order chi connectivity index (χ0) is 15.6. The van der Waals surface area contributed by atoms with E-state index in [2.05, 4.69) is 14.9 Å². The van der Waals surface area contributed by atoms with Gasteiger partial charge in [-0.2, -0.15) is 0 Å². The first-order chi connectivity index (χ1) is 9.81. The maximum absolute atomic E-state index is 12.4. The van der Waals surface area contributed by atoms with Crippen LogP contribution in [0.2, 0.25) is 0 Å². The molecule has 1 aromatic carbocycles. The van der Waals surface area contributed by atoms with Gasteiger partial charge in [-0.25, -0.2) is 13.1 Å². The van der Waals surface area contributed by atoms with Crippen LogP contribution in [0.25, 0.3) is 0 Å². The summed E-state index contributed by atoms with van der Waals surface area (Å²) in [6.07, 6.45) is 2.05. The summed E-state index contributed by atoms with van der Waals surface area (Å²) in [6.45, 7) is 3.86. The molecule has 0 aliphatic heterocycles. The van der Waals surface area contributed by atoms with E-state index in [4.69, 9.17) is 5.73 Å². The fourth-order valence-electron chi connectivity index (χ4n) is 2.04. The summed E-state index contributed by atoms with van der Waals surface area (Å²) >= 11 is 0. The minimum atomic E-state index is -3.59. The predicted octanol–water partition coefficient (Wildman–Crippen LogP) is 0.535. The average Bonchev–Trinajstić information content (AvgIpc) is 2.79. The molecule has 0 saturated heterocycles. The zero-order valence-corrected chi connectivity index (χ0v) is 13.1. The van der Waals surface area contributed by atoms with Gasteiger partial charge in [0, 0.05) is 25.7 Å². The molecule has 0 aliphatic rings. The van der Waals surface area contributed by atoms with Gasteiger partial charge in [-0.3, -0.25) is 0 Å². The molecule has 21 heavy (non-hydrogen) atoms. The van der Waals surface area contributed by atoms with E-state index in [0.29, 0.717) is 17.7 Å². The molecule has 114 valence electrons. The van der Waals surface area contributed by atoms with Crippen molar-refractivity contribution in [2.45, 2.75) is 25.2 Å². The Morgan fingerprint density at radius 3 is 2.67 bits per heavy atom. The first-order valence-electron chi connectivity index (χ1n) is 6.50. The second-order valence-corrected chi connectivity index (χ2v) is 6.70. The van der Waals surface area contributed by atoms with E-state index < -0.39 is 10.0 Å². The highest BCUT2D eigenvalue weighted by atomic mass is 32.2. The van der Waals surface area contributed by atoms with Crippen molar-refractivity contribution < 1.29 is 8.42 Å². The first-order valence-corrected chi connectivity index (χ1v) is 7.99. The summed E-state index contributed by atoms with van der Waals surface area (Å²) in [5.74, 6) is 0.721. The van der Waals surface area contributed by atoms with E-state index >= 15 is 0 Å². The molecule has 7 nitrogen and oxygen atoms in total. The van der Waals surface area contributed by atoms with E-state index in [1.807, 2.05) is 14.0 Å². The summed E-state index contributed by atoms with van der Waals surface area (Å²) in [5.41, 5.74) is 7.73. The predicted molar refractivity (Wildman–Crippen MR) is 80.2 cm³/mol. The van der Waals surface area contributed by atoms with Crippen LogP contribution in [0.1, 0.15) is 17.0 Å². The monoisotopic (exact) mass is 309 g/mol. The van der Waals surface area contributed by atoms with Crippen LogP contribution in [0.5, 0.6) is 0 Å². The van der Waals surface area contributed by atoms with Crippen molar-refractivity contribution in [3.05, 3.63) is 35.4 Å². The number of rotatable bonds is 5. The van der Waals surface area contributed by atoms with Crippen LogP contribution in [0.15, 0.2) is 23.4 Å². The highest BCUT2D eigenvalue weighted by Gasteiger charge is 2.18. The van der Waals surface area contributed by atoms with Crippen LogP contribution < -0.4 is 10.5 Å². The number of anilines is 1. The van der Waals surface area contributed by atoms with E-state index in [1.54, 1.807) is 23.9 Å². The summed E-state index contributed by atoms with van der Waals surface area (Å²) in [4.78, 5) is 0.220. The Bertz CT molecular complexity index is 752. The van der Waals surface area contributed by atoms with E-state index in [9.17, 15) is 8.42 Å². The van der Waals surface area contributed by atoms with Crippen LogP contribution in [0, 0.1) is 13.8 Å². The molecule has 2 rings (SSSR count). The van der Waals surface area contributed by atoms with Gasteiger partial charge in [0.2, 0.25) is 10.0 Å². The zero-order valence-electron chi connectivity index (χ0n) is 12.3. The molecule has 0 atom stereocenters. The van der Waals surface area contributed by atoms with Gasteiger partial charge in [0.15, 0.2) is 0 Å². The van der Waals surface area contributed by atoms with Gasteiger partial charge in [0.05, 0.1) is 4.90 Å². The number of nitrogens with zero attached hydrogens (tertiary/aromatic N) is 3. The molecular weight excluding hydrogens is 290 g/mol. The lowest BCUT2D eigenvalue weighted by Gasteiger charge is -2.12. The topological polar surface area (TPSA) is 103 Å². The number of benzene rings is 1. The number of nitrogen functional groups attached to an aromatic ring is 1. The lowest BCUT2D eigenvalue weighted by molar-refractivity contribution is 0.579. The van der Waals surface area contributed by atoms with Crippen molar-refractivity contribution in [1.29, 1.82) is 0 Å². The van der Waals surface area contributed by atoms with Crippen molar-refractivity contribution in [3.8, 4) is 0 Å². The van der Waals surface area contributed by atoms with Gasteiger partial charge >= 0.3 is 0 Å². The Kier molecular flexibility index (Phi) is 4.29. The van der Waals surface area contributed by atoms with E-state index in [-0.39, 0.29) is 11.4 Å². The molecular formula is C13H19N5O2S. The Hall–Kier alpha value is -1.93. The Labute approximate surface area is 124 Å². The van der Waals surface area contributed by atoms with Crippen molar-refractivity contribution >= 4 is 15.7 Å². The lowest BCUT2D eigenvalue weighted by Crippen LogP contribution is -2.27. The van der Waals surface area contributed by atoms with Gasteiger partial charge in [0.1, 0.15) is 12.2 Å². The Balaban J connectivity index is 2.14. The number of nitrogens with one attached hydrogen (secondary N) is 1. The smallest absolute Gasteiger partial charge is 0.240 e. The minimum Gasteiger partial charge on any atom is -0.399 e. The van der Waals surface area contributed by atoms with Gasteiger partial charge < -0.3 is 10.3 Å². The summed E-state index contributed by atoms with van der Waals surface area (Å²) in [5, 5.41) is 7.66. The summed E-state index contributed by atoms with van der Waals surface area (Å²) in [7, 11) is -1.77. The SMILES string of the molecule is Cc1cc(N)cc(S(=O)(=O)NCCc2nncn2C)c1C. The molecule has 0 fully saturated rings. The quantitative estimate of drug-likeness (QED) is 0.784. The maximum atomic E-state index is 12.4. The molecule has 0 spiro atoms. The van der Waals surface area contributed by atoms with Gasteiger partial charge in [-0.05, 0) is 37.1 Å². The molecule has 0 amide bonds. The van der Waals surface area contributed by atoms with Gasteiger partial charge in [-0.1, -0.05) is 0 Å². The normalized spacial score (nSPS) is 11.8. The lowest BCUT2D eigenvalue weighted by atomic mass is 10.1. The molecule has 0 radical (unpaired) electrons. The van der Waals surface area contributed by atoms with E-state index in [0.717, 1.165) is 11.4 Å². The average molecular weight is 309 g/mol. The molecule has 0 unspecified atom stereocenters.